The third-order valence-corrected chi connectivity index (χ3v) is 2.79. The zero-order valence-corrected chi connectivity index (χ0v) is 9.63. The zero-order chi connectivity index (χ0) is 10.1. The van der Waals surface area contributed by atoms with Gasteiger partial charge in [0.25, 0.3) is 0 Å². The van der Waals surface area contributed by atoms with Crippen molar-refractivity contribution < 1.29 is 4.74 Å². The van der Waals surface area contributed by atoms with Crippen LogP contribution in [-0.2, 0) is 4.74 Å². The molecular weight excluding hydrogens is 162 g/mol. The second-order valence-electron chi connectivity index (χ2n) is 5.27. The molecule has 1 fully saturated rings. The summed E-state index contributed by atoms with van der Waals surface area (Å²) < 4.78 is 5.72. The Morgan fingerprint density at radius 1 is 1.31 bits per heavy atom. The highest BCUT2D eigenvalue weighted by atomic mass is 16.5. The predicted molar refractivity (Wildman–Crippen MR) is 55.9 cm³/mol. The molecule has 1 rings (SSSR count). The van der Waals surface area contributed by atoms with Gasteiger partial charge in [-0.1, -0.05) is 13.8 Å². The summed E-state index contributed by atoms with van der Waals surface area (Å²) in [5.41, 5.74) is 0.289. The van der Waals surface area contributed by atoms with Crippen LogP contribution in [0.25, 0.3) is 0 Å². The Balaban J connectivity index is 2.52. The predicted octanol–water partition coefficient (Wildman–Crippen LogP) is 2.14. The lowest BCUT2D eigenvalue weighted by Gasteiger charge is -2.42. The molecule has 13 heavy (non-hydrogen) atoms. The highest BCUT2D eigenvalue weighted by Gasteiger charge is 2.29. The highest BCUT2D eigenvalue weighted by Crippen LogP contribution is 2.20. The van der Waals surface area contributed by atoms with E-state index in [0.717, 1.165) is 19.7 Å². The summed E-state index contributed by atoms with van der Waals surface area (Å²) in [6.45, 7) is 14.3. The molecule has 2 heteroatoms. The molecule has 1 atom stereocenters. The minimum Gasteiger partial charge on any atom is -0.375 e. The SMILES string of the molecule is CC(C)C1CN(C(C)(C)C)CCO1. The van der Waals surface area contributed by atoms with E-state index in [9.17, 15) is 0 Å². The number of ether oxygens (including phenoxy) is 1. The Hall–Kier alpha value is -0.0800. The molecule has 1 aliphatic heterocycles. The largest absolute Gasteiger partial charge is 0.375 e. The van der Waals surface area contributed by atoms with Crippen LogP contribution in [0.3, 0.4) is 0 Å². The standard InChI is InChI=1S/C11H23NO/c1-9(2)10-8-12(6-7-13-10)11(3,4)5/h9-10H,6-8H2,1-5H3. The number of morpholine rings is 1. The van der Waals surface area contributed by atoms with E-state index in [4.69, 9.17) is 4.74 Å². The van der Waals surface area contributed by atoms with E-state index < -0.39 is 0 Å². The van der Waals surface area contributed by atoms with Crippen LogP contribution in [0.4, 0.5) is 0 Å². The normalized spacial score (nSPS) is 26.8. The summed E-state index contributed by atoms with van der Waals surface area (Å²) in [6, 6.07) is 0. The molecule has 0 saturated carbocycles. The molecule has 1 unspecified atom stereocenters. The fraction of sp³-hybridized carbons (Fsp3) is 1.00. The molecule has 1 saturated heterocycles. The van der Waals surface area contributed by atoms with Gasteiger partial charge in [0.15, 0.2) is 0 Å². The molecule has 78 valence electrons. The summed E-state index contributed by atoms with van der Waals surface area (Å²) in [5, 5.41) is 0. The molecule has 0 N–H and O–H groups in total. The molecule has 0 bridgehead atoms. The van der Waals surface area contributed by atoms with Gasteiger partial charge in [-0.2, -0.15) is 0 Å². The minimum atomic E-state index is 0.289. The number of rotatable bonds is 1. The average molecular weight is 185 g/mol. The van der Waals surface area contributed by atoms with Crippen LogP contribution in [0, 0.1) is 5.92 Å². The Morgan fingerprint density at radius 2 is 1.92 bits per heavy atom. The number of nitrogens with zero attached hydrogens (tertiary/aromatic N) is 1. The van der Waals surface area contributed by atoms with Crippen LogP contribution < -0.4 is 0 Å². The van der Waals surface area contributed by atoms with Crippen LogP contribution in [0.15, 0.2) is 0 Å². The molecule has 1 aliphatic rings. The summed E-state index contributed by atoms with van der Waals surface area (Å²) in [7, 11) is 0. The first-order chi connectivity index (χ1) is 5.91. The van der Waals surface area contributed by atoms with Gasteiger partial charge in [0, 0.05) is 18.6 Å². The second-order valence-corrected chi connectivity index (χ2v) is 5.27. The Morgan fingerprint density at radius 3 is 2.38 bits per heavy atom. The lowest BCUT2D eigenvalue weighted by atomic mass is 10.0. The maximum Gasteiger partial charge on any atom is 0.0725 e. The van der Waals surface area contributed by atoms with Gasteiger partial charge in [-0.05, 0) is 26.7 Å². The summed E-state index contributed by atoms with van der Waals surface area (Å²) in [6.07, 6.45) is 0.424. The number of hydrogen-bond donors (Lipinski definition) is 0. The molecule has 0 radical (unpaired) electrons. The maximum atomic E-state index is 5.72. The quantitative estimate of drug-likeness (QED) is 0.620. The van der Waals surface area contributed by atoms with Gasteiger partial charge in [-0.3, -0.25) is 4.90 Å². The summed E-state index contributed by atoms with van der Waals surface area (Å²) in [4.78, 5) is 2.52. The van der Waals surface area contributed by atoms with Crippen molar-refractivity contribution in [2.75, 3.05) is 19.7 Å². The Kier molecular flexibility index (Phi) is 3.36. The Labute approximate surface area is 82.3 Å². The van der Waals surface area contributed by atoms with Crippen LogP contribution in [0.1, 0.15) is 34.6 Å². The van der Waals surface area contributed by atoms with E-state index in [1.165, 1.54) is 0 Å². The fourth-order valence-corrected chi connectivity index (χ4v) is 1.69. The fourth-order valence-electron chi connectivity index (χ4n) is 1.69. The molecule has 0 aromatic heterocycles. The van der Waals surface area contributed by atoms with E-state index in [1.807, 2.05) is 0 Å². The first kappa shape index (κ1) is 11.0. The van der Waals surface area contributed by atoms with Crippen LogP contribution in [0.5, 0.6) is 0 Å². The first-order valence-corrected chi connectivity index (χ1v) is 5.28. The lowest BCUT2D eigenvalue weighted by Crippen LogP contribution is -2.52. The van der Waals surface area contributed by atoms with Crippen molar-refractivity contribution >= 4 is 0 Å². The van der Waals surface area contributed by atoms with Crippen molar-refractivity contribution in [3.05, 3.63) is 0 Å². The first-order valence-electron chi connectivity index (χ1n) is 5.28. The zero-order valence-electron chi connectivity index (χ0n) is 9.63. The van der Waals surface area contributed by atoms with Crippen molar-refractivity contribution in [1.29, 1.82) is 0 Å². The van der Waals surface area contributed by atoms with Gasteiger partial charge in [0.1, 0.15) is 0 Å². The van der Waals surface area contributed by atoms with Crippen LogP contribution in [0.2, 0.25) is 0 Å². The van der Waals surface area contributed by atoms with Crippen molar-refractivity contribution in [2.45, 2.75) is 46.3 Å². The smallest absolute Gasteiger partial charge is 0.0725 e. The van der Waals surface area contributed by atoms with Crippen molar-refractivity contribution in [1.82, 2.24) is 4.90 Å². The summed E-state index contributed by atoms with van der Waals surface area (Å²) in [5.74, 6) is 0.630. The van der Waals surface area contributed by atoms with Crippen molar-refractivity contribution in [3.63, 3.8) is 0 Å². The van der Waals surface area contributed by atoms with Gasteiger partial charge in [0.05, 0.1) is 12.7 Å². The third-order valence-electron chi connectivity index (χ3n) is 2.79. The van der Waals surface area contributed by atoms with Gasteiger partial charge >= 0.3 is 0 Å². The van der Waals surface area contributed by atoms with Crippen LogP contribution in [-0.4, -0.2) is 36.2 Å². The van der Waals surface area contributed by atoms with E-state index >= 15 is 0 Å². The van der Waals surface area contributed by atoms with E-state index in [1.54, 1.807) is 0 Å². The third kappa shape index (κ3) is 2.96. The Bertz CT molecular complexity index is 160. The van der Waals surface area contributed by atoms with Gasteiger partial charge in [-0.25, -0.2) is 0 Å². The topological polar surface area (TPSA) is 12.5 Å². The van der Waals surface area contributed by atoms with E-state index in [2.05, 4.69) is 39.5 Å². The lowest BCUT2D eigenvalue weighted by molar-refractivity contribution is -0.0759. The van der Waals surface area contributed by atoms with Crippen molar-refractivity contribution in [3.8, 4) is 0 Å². The monoisotopic (exact) mass is 185 g/mol. The number of hydrogen-bond acceptors (Lipinski definition) is 2. The molecule has 0 aliphatic carbocycles. The van der Waals surface area contributed by atoms with E-state index in [-0.39, 0.29) is 5.54 Å². The molecule has 0 spiro atoms. The molecular formula is C11H23NO. The minimum absolute atomic E-state index is 0.289. The summed E-state index contributed by atoms with van der Waals surface area (Å²) >= 11 is 0. The van der Waals surface area contributed by atoms with E-state index in [0.29, 0.717) is 12.0 Å². The van der Waals surface area contributed by atoms with Gasteiger partial charge in [-0.15, -0.1) is 0 Å². The molecule has 0 aromatic carbocycles. The maximum absolute atomic E-state index is 5.72. The average Bonchev–Trinajstić information content (AvgIpc) is 2.03. The van der Waals surface area contributed by atoms with Gasteiger partial charge in [0.2, 0.25) is 0 Å². The van der Waals surface area contributed by atoms with Crippen molar-refractivity contribution in [2.24, 2.45) is 5.92 Å². The molecule has 1 heterocycles. The highest BCUT2D eigenvalue weighted by molar-refractivity contribution is 4.82. The molecule has 0 amide bonds. The molecule has 0 aromatic rings. The second kappa shape index (κ2) is 3.97. The molecule has 2 nitrogen and oxygen atoms in total. The van der Waals surface area contributed by atoms with Crippen LogP contribution >= 0.6 is 0 Å². The van der Waals surface area contributed by atoms with Gasteiger partial charge < -0.3 is 4.74 Å².